The second-order valence-corrected chi connectivity index (χ2v) is 9.92. The van der Waals surface area contributed by atoms with E-state index in [-0.39, 0.29) is 0 Å². The number of ether oxygens (including phenoxy) is 2. The molecule has 0 unspecified atom stereocenters. The van der Waals surface area contributed by atoms with E-state index in [9.17, 15) is 9.59 Å². The molecule has 1 aliphatic heterocycles. The molecule has 11 heteroatoms. The summed E-state index contributed by atoms with van der Waals surface area (Å²) in [4.78, 5) is 31.0. The summed E-state index contributed by atoms with van der Waals surface area (Å²) in [5.41, 5.74) is 8.05. The molecule has 1 aliphatic rings. The Labute approximate surface area is 280 Å². The SMILES string of the molecule is C=CCN(CC)N(CC=O)Cc1ccccc1.C=O.CN.CN(CCNC=O)Cc1ccc2c(c1)OCCO2.Cc1ccc(O)cc1. The minimum Gasteiger partial charge on any atom is -0.508 e. The largest absolute Gasteiger partial charge is 0.508 e. The molecule has 0 fully saturated rings. The van der Waals surface area contributed by atoms with Gasteiger partial charge in [0, 0.05) is 39.3 Å². The van der Waals surface area contributed by atoms with Crippen LogP contribution in [0.2, 0.25) is 0 Å². The van der Waals surface area contributed by atoms with E-state index in [2.05, 4.69) is 46.6 Å². The number of likely N-dealkylation sites (N-methyl/N-ethyl adjacent to an activating group) is 2. The van der Waals surface area contributed by atoms with E-state index in [0.717, 1.165) is 56.9 Å². The third-order valence-electron chi connectivity index (χ3n) is 6.41. The first-order valence-electron chi connectivity index (χ1n) is 15.3. The van der Waals surface area contributed by atoms with Crippen LogP contribution < -0.4 is 20.5 Å². The van der Waals surface area contributed by atoms with Crippen molar-refractivity contribution in [1.29, 1.82) is 0 Å². The molecule has 0 bridgehead atoms. The van der Waals surface area contributed by atoms with Gasteiger partial charge < -0.3 is 40.1 Å². The fourth-order valence-corrected chi connectivity index (χ4v) is 4.19. The van der Waals surface area contributed by atoms with Crippen LogP contribution in [0.5, 0.6) is 17.2 Å². The predicted octanol–water partition coefficient (Wildman–Crippen LogP) is 3.84. The summed E-state index contributed by atoms with van der Waals surface area (Å²) < 4.78 is 11.0. The molecule has 0 spiro atoms. The lowest BCUT2D eigenvalue weighted by Crippen LogP contribution is -2.43. The van der Waals surface area contributed by atoms with Crippen LogP contribution in [0.25, 0.3) is 0 Å². The van der Waals surface area contributed by atoms with Gasteiger partial charge in [-0.2, -0.15) is 0 Å². The van der Waals surface area contributed by atoms with Crippen LogP contribution in [-0.4, -0.2) is 99.5 Å². The van der Waals surface area contributed by atoms with Crippen molar-refractivity contribution in [1.82, 2.24) is 20.2 Å². The average Bonchev–Trinajstić information content (AvgIpc) is 3.11. The Kier molecular flexibility index (Phi) is 25.1. The molecule has 0 saturated carbocycles. The Bertz CT molecular complexity index is 1210. The molecule has 0 radical (unpaired) electrons. The van der Waals surface area contributed by atoms with Gasteiger partial charge in [0.1, 0.15) is 32.0 Å². The van der Waals surface area contributed by atoms with Crippen LogP contribution in [0.3, 0.4) is 0 Å². The van der Waals surface area contributed by atoms with Gasteiger partial charge in [0.2, 0.25) is 6.41 Å². The summed E-state index contributed by atoms with van der Waals surface area (Å²) >= 11 is 0. The number of nitrogens with zero attached hydrogens (tertiary/aromatic N) is 3. The number of nitrogens with two attached hydrogens (primary N) is 1. The number of aldehydes is 1. The molecule has 4 rings (SSSR count). The fourth-order valence-electron chi connectivity index (χ4n) is 4.19. The molecule has 0 aliphatic carbocycles. The fraction of sp³-hybridized carbons (Fsp3) is 0.361. The Morgan fingerprint density at radius 1 is 0.872 bits per heavy atom. The number of phenols is 1. The van der Waals surface area contributed by atoms with Crippen molar-refractivity contribution >= 4 is 19.5 Å². The van der Waals surface area contributed by atoms with Crippen molar-refractivity contribution in [2.24, 2.45) is 5.73 Å². The van der Waals surface area contributed by atoms with E-state index in [4.69, 9.17) is 19.4 Å². The maximum absolute atomic E-state index is 10.7. The van der Waals surface area contributed by atoms with Crippen molar-refractivity contribution in [3.05, 3.63) is 102 Å². The number of aryl methyl sites for hydroxylation is 1. The normalized spacial score (nSPS) is 10.8. The highest BCUT2D eigenvalue weighted by molar-refractivity contribution is 5.51. The summed E-state index contributed by atoms with van der Waals surface area (Å²) in [7, 11) is 3.52. The molecule has 3 aromatic rings. The number of benzene rings is 3. The molecule has 47 heavy (non-hydrogen) atoms. The number of carbonyl (C=O) groups excluding carboxylic acids is 3. The molecule has 1 heterocycles. The maximum atomic E-state index is 10.7. The van der Waals surface area contributed by atoms with Crippen LogP contribution in [0.4, 0.5) is 0 Å². The number of nitrogens with one attached hydrogen (secondary N) is 1. The number of hydrogen-bond donors (Lipinski definition) is 3. The zero-order valence-corrected chi connectivity index (χ0v) is 28.3. The smallest absolute Gasteiger partial charge is 0.207 e. The molecule has 3 aromatic carbocycles. The van der Waals surface area contributed by atoms with Gasteiger partial charge in [-0.05, 0) is 56.4 Å². The highest BCUT2D eigenvalue weighted by atomic mass is 16.6. The second-order valence-electron chi connectivity index (χ2n) is 9.92. The molecule has 4 N–H and O–H groups in total. The van der Waals surface area contributed by atoms with Gasteiger partial charge in [-0.15, -0.1) is 6.58 Å². The van der Waals surface area contributed by atoms with Crippen molar-refractivity contribution in [3.8, 4) is 17.2 Å². The maximum Gasteiger partial charge on any atom is 0.207 e. The van der Waals surface area contributed by atoms with Crippen molar-refractivity contribution < 1.29 is 29.0 Å². The third-order valence-corrected chi connectivity index (χ3v) is 6.41. The van der Waals surface area contributed by atoms with Crippen LogP contribution in [0.15, 0.2) is 85.5 Å². The van der Waals surface area contributed by atoms with Crippen molar-refractivity contribution in [2.45, 2.75) is 26.9 Å². The first-order chi connectivity index (χ1) is 22.9. The molecular weight excluding hydrogens is 598 g/mol. The number of hydrazine groups is 1. The molecular formula is C36H53N5O6. The van der Waals surface area contributed by atoms with Gasteiger partial charge in [-0.25, -0.2) is 10.0 Å². The van der Waals surface area contributed by atoms with E-state index in [1.807, 2.05) is 80.4 Å². The van der Waals surface area contributed by atoms with Gasteiger partial charge in [-0.3, -0.25) is 4.79 Å². The van der Waals surface area contributed by atoms with E-state index in [0.29, 0.717) is 32.1 Å². The molecule has 0 atom stereocenters. The number of amides is 1. The van der Waals surface area contributed by atoms with Crippen LogP contribution in [0.1, 0.15) is 23.6 Å². The van der Waals surface area contributed by atoms with E-state index in [1.165, 1.54) is 23.7 Å². The predicted molar refractivity (Wildman–Crippen MR) is 188 cm³/mol. The van der Waals surface area contributed by atoms with Gasteiger partial charge in [0.25, 0.3) is 0 Å². The second kappa shape index (κ2) is 27.7. The zero-order valence-electron chi connectivity index (χ0n) is 28.3. The minimum atomic E-state index is 0.329. The lowest BCUT2D eigenvalue weighted by atomic mass is 10.2. The lowest BCUT2D eigenvalue weighted by molar-refractivity contribution is -0.114. The van der Waals surface area contributed by atoms with Crippen LogP contribution in [-0.2, 0) is 27.5 Å². The van der Waals surface area contributed by atoms with E-state index in [1.54, 1.807) is 12.1 Å². The Balaban J connectivity index is 0.000000677. The Hall–Kier alpha value is -4.55. The Morgan fingerprint density at radius 2 is 1.51 bits per heavy atom. The van der Waals surface area contributed by atoms with Crippen LogP contribution >= 0.6 is 0 Å². The minimum absolute atomic E-state index is 0.329. The number of phenolic OH excluding ortho intramolecular Hbond substituents is 1. The lowest BCUT2D eigenvalue weighted by Gasteiger charge is -2.32. The van der Waals surface area contributed by atoms with E-state index < -0.39 is 0 Å². The topological polar surface area (TPSA) is 138 Å². The summed E-state index contributed by atoms with van der Waals surface area (Å²) in [6.45, 7) is 16.1. The number of fused-ring (bicyclic) bond motifs is 1. The highest BCUT2D eigenvalue weighted by Crippen LogP contribution is 2.31. The Morgan fingerprint density at radius 3 is 2.06 bits per heavy atom. The summed E-state index contributed by atoms with van der Waals surface area (Å²) in [6, 6.07) is 23.2. The van der Waals surface area contributed by atoms with Crippen molar-refractivity contribution in [3.63, 3.8) is 0 Å². The summed E-state index contributed by atoms with van der Waals surface area (Å²) in [5, 5.41) is 15.6. The monoisotopic (exact) mass is 651 g/mol. The van der Waals surface area contributed by atoms with Gasteiger partial charge in [0.05, 0.1) is 6.54 Å². The molecule has 258 valence electrons. The van der Waals surface area contributed by atoms with E-state index >= 15 is 0 Å². The van der Waals surface area contributed by atoms with Crippen molar-refractivity contribution in [2.75, 3.05) is 60.0 Å². The molecule has 0 aromatic heterocycles. The summed E-state index contributed by atoms with van der Waals surface area (Å²) in [6.07, 6.45) is 3.51. The molecule has 1 amide bonds. The molecule has 0 saturated heterocycles. The zero-order chi connectivity index (χ0) is 35.3. The quantitative estimate of drug-likeness (QED) is 0.102. The first-order valence-corrected chi connectivity index (χ1v) is 15.3. The third kappa shape index (κ3) is 18.9. The number of rotatable bonds is 14. The number of carbonyl (C=O) groups is 3. The van der Waals surface area contributed by atoms with Gasteiger partial charge in [-0.1, -0.05) is 67.1 Å². The number of hydrogen-bond acceptors (Lipinski definition) is 10. The molecule has 11 nitrogen and oxygen atoms in total. The highest BCUT2D eigenvalue weighted by Gasteiger charge is 2.13. The van der Waals surface area contributed by atoms with Gasteiger partial charge >= 0.3 is 0 Å². The first kappa shape index (κ1) is 42.5. The standard InChI is InChI=1S/C14H20N2O.C13H18N2O3.C7H8O.CH5N.CH2O/c1-3-10-15(4-2)16(11-12-17)13-14-8-6-5-7-9-14;1-15(5-4-14-10-16)9-11-2-3-12-13(8-11)18-7-6-17-12;1-6-2-4-7(8)5-3-6;2*1-2/h3,5-9,12H,1,4,10-11,13H2,2H3;2-3,8,10H,4-7,9H2,1H3,(H,14,16);2-5,8H,1H3;2H2,1H3;1H2. The average molecular weight is 652 g/mol. The van der Waals surface area contributed by atoms with Gasteiger partial charge in [0.15, 0.2) is 11.5 Å². The van der Waals surface area contributed by atoms with Crippen LogP contribution in [0, 0.1) is 6.92 Å². The number of aromatic hydroxyl groups is 1. The summed E-state index contributed by atoms with van der Waals surface area (Å²) in [5.74, 6) is 1.96.